The van der Waals surface area contributed by atoms with Crippen LogP contribution in [0.3, 0.4) is 0 Å². The molecule has 4 nitrogen and oxygen atoms in total. The van der Waals surface area contributed by atoms with Crippen LogP contribution < -0.4 is 15.4 Å². The van der Waals surface area contributed by atoms with Crippen LogP contribution in [0.5, 0.6) is 5.75 Å². The zero-order valence-electron chi connectivity index (χ0n) is 15.0. The number of piperidine rings is 1. The summed E-state index contributed by atoms with van der Waals surface area (Å²) in [6.07, 6.45) is 2.74. The highest BCUT2D eigenvalue weighted by atomic mass is 16.5. The second kappa shape index (κ2) is 7.70. The number of methoxy groups -OCH3 is 1. The van der Waals surface area contributed by atoms with Crippen LogP contribution in [0.1, 0.15) is 18.4 Å². The van der Waals surface area contributed by atoms with E-state index in [9.17, 15) is 4.79 Å². The van der Waals surface area contributed by atoms with Crippen LogP contribution in [0.2, 0.25) is 0 Å². The van der Waals surface area contributed by atoms with Crippen molar-refractivity contribution in [2.24, 2.45) is 5.41 Å². The van der Waals surface area contributed by atoms with E-state index in [-0.39, 0.29) is 11.3 Å². The van der Waals surface area contributed by atoms with Gasteiger partial charge < -0.3 is 15.4 Å². The molecule has 0 bridgehead atoms. The third kappa shape index (κ3) is 3.85. The van der Waals surface area contributed by atoms with E-state index >= 15 is 0 Å². The molecule has 2 N–H and O–H groups in total. The van der Waals surface area contributed by atoms with Crippen LogP contribution in [-0.2, 0) is 11.2 Å². The van der Waals surface area contributed by atoms with Crippen molar-refractivity contribution in [3.05, 3.63) is 54.1 Å². The Kier molecular flexibility index (Phi) is 5.39. The van der Waals surface area contributed by atoms with Gasteiger partial charge >= 0.3 is 0 Å². The topological polar surface area (TPSA) is 50.4 Å². The third-order valence-corrected chi connectivity index (χ3v) is 5.10. The van der Waals surface area contributed by atoms with E-state index in [1.165, 1.54) is 11.1 Å². The van der Waals surface area contributed by atoms with E-state index < -0.39 is 0 Å². The molecule has 1 heterocycles. The van der Waals surface area contributed by atoms with Gasteiger partial charge in [0.15, 0.2) is 0 Å². The molecule has 4 heteroatoms. The number of rotatable bonds is 5. The minimum atomic E-state index is -0.339. The lowest BCUT2D eigenvalue weighted by Crippen LogP contribution is -2.51. The van der Waals surface area contributed by atoms with Gasteiger partial charge in [0.2, 0.25) is 5.91 Å². The van der Waals surface area contributed by atoms with Crippen molar-refractivity contribution in [1.82, 2.24) is 10.6 Å². The zero-order chi connectivity index (χ0) is 17.7. The van der Waals surface area contributed by atoms with E-state index in [4.69, 9.17) is 4.74 Å². The minimum absolute atomic E-state index is 0.138. The Labute approximate surface area is 149 Å². The Bertz CT molecular complexity index is 702. The number of benzene rings is 2. The third-order valence-electron chi connectivity index (χ3n) is 5.10. The fourth-order valence-corrected chi connectivity index (χ4v) is 3.65. The predicted molar refractivity (Wildman–Crippen MR) is 101 cm³/mol. The van der Waals surface area contributed by atoms with E-state index in [0.717, 1.165) is 43.7 Å². The number of hydrogen-bond acceptors (Lipinski definition) is 3. The molecule has 1 unspecified atom stereocenters. The summed E-state index contributed by atoms with van der Waals surface area (Å²) in [5.74, 6) is 0.997. The smallest absolute Gasteiger partial charge is 0.227 e. The van der Waals surface area contributed by atoms with Crippen molar-refractivity contribution in [1.29, 1.82) is 0 Å². The van der Waals surface area contributed by atoms with Crippen LogP contribution in [-0.4, -0.2) is 33.2 Å². The van der Waals surface area contributed by atoms with Crippen LogP contribution >= 0.6 is 0 Å². The first-order valence-electron chi connectivity index (χ1n) is 8.83. The Balaban J connectivity index is 1.77. The van der Waals surface area contributed by atoms with E-state index in [2.05, 4.69) is 47.0 Å². The van der Waals surface area contributed by atoms with Gasteiger partial charge in [-0.2, -0.15) is 0 Å². The van der Waals surface area contributed by atoms with Crippen molar-refractivity contribution >= 4 is 5.91 Å². The summed E-state index contributed by atoms with van der Waals surface area (Å²) in [7, 11) is 3.40. The van der Waals surface area contributed by atoms with Crippen molar-refractivity contribution < 1.29 is 9.53 Å². The SMILES string of the molecule is CNC(=O)C1(Cc2ccc(-c3ccc(OC)cc3)cc2)CCCNC1. The molecule has 1 aliphatic rings. The number of carbonyl (C=O) groups excluding carboxylic acids is 1. The Morgan fingerprint density at radius 1 is 1.12 bits per heavy atom. The Hall–Kier alpha value is -2.33. The Morgan fingerprint density at radius 3 is 2.28 bits per heavy atom. The van der Waals surface area contributed by atoms with Gasteiger partial charge in [-0.1, -0.05) is 36.4 Å². The van der Waals surface area contributed by atoms with Crippen molar-refractivity contribution in [2.45, 2.75) is 19.3 Å². The van der Waals surface area contributed by atoms with Crippen molar-refractivity contribution in [2.75, 3.05) is 27.2 Å². The number of ether oxygens (including phenoxy) is 1. The second-order valence-electron chi connectivity index (χ2n) is 6.74. The summed E-state index contributed by atoms with van der Waals surface area (Å²) in [4.78, 5) is 12.5. The minimum Gasteiger partial charge on any atom is -0.497 e. The highest BCUT2D eigenvalue weighted by Gasteiger charge is 2.38. The van der Waals surface area contributed by atoms with Crippen molar-refractivity contribution in [3.8, 4) is 16.9 Å². The van der Waals surface area contributed by atoms with E-state index in [0.29, 0.717) is 0 Å². The first kappa shape index (κ1) is 17.5. The summed E-state index contributed by atoms with van der Waals surface area (Å²) >= 11 is 0. The summed E-state index contributed by atoms with van der Waals surface area (Å²) in [5, 5.41) is 6.24. The zero-order valence-corrected chi connectivity index (χ0v) is 15.0. The van der Waals surface area contributed by atoms with Crippen LogP contribution in [0.25, 0.3) is 11.1 Å². The van der Waals surface area contributed by atoms with E-state index in [1.54, 1.807) is 14.2 Å². The number of amides is 1. The molecular weight excluding hydrogens is 312 g/mol. The molecule has 1 amide bonds. The maximum absolute atomic E-state index is 12.5. The number of nitrogens with one attached hydrogen (secondary N) is 2. The molecule has 1 fully saturated rings. The van der Waals surface area contributed by atoms with Crippen LogP contribution in [0.15, 0.2) is 48.5 Å². The summed E-state index contributed by atoms with van der Waals surface area (Å²) in [6, 6.07) is 16.6. The molecule has 1 atom stereocenters. The number of hydrogen-bond donors (Lipinski definition) is 2. The molecule has 3 rings (SSSR count). The molecule has 1 saturated heterocycles. The predicted octanol–water partition coefficient (Wildman–Crippen LogP) is 3.02. The maximum Gasteiger partial charge on any atom is 0.227 e. The fraction of sp³-hybridized carbons (Fsp3) is 0.381. The van der Waals surface area contributed by atoms with Gasteiger partial charge in [-0.15, -0.1) is 0 Å². The molecule has 0 radical (unpaired) electrons. The molecule has 0 aromatic heterocycles. The molecule has 0 aliphatic carbocycles. The highest BCUT2D eigenvalue weighted by Crippen LogP contribution is 2.32. The average Bonchev–Trinajstić information content (AvgIpc) is 2.68. The first-order valence-corrected chi connectivity index (χ1v) is 8.83. The Morgan fingerprint density at radius 2 is 1.76 bits per heavy atom. The van der Waals surface area contributed by atoms with Crippen molar-refractivity contribution in [3.63, 3.8) is 0 Å². The van der Waals surface area contributed by atoms with Gasteiger partial charge in [-0.25, -0.2) is 0 Å². The van der Waals surface area contributed by atoms with Crippen LogP contribution in [0, 0.1) is 5.41 Å². The normalized spacial score (nSPS) is 20.1. The average molecular weight is 338 g/mol. The summed E-state index contributed by atoms with van der Waals surface area (Å²) < 4.78 is 5.21. The van der Waals surface area contributed by atoms with Gasteiger partial charge in [0.25, 0.3) is 0 Å². The van der Waals surface area contributed by atoms with Gasteiger partial charge in [-0.05, 0) is 54.6 Å². The number of carbonyl (C=O) groups is 1. The van der Waals surface area contributed by atoms with Gasteiger partial charge in [-0.3, -0.25) is 4.79 Å². The lowest BCUT2D eigenvalue weighted by molar-refractivity contribution is -0.131. The lowest BCUT2D eigenvalue weighted by atomic mass is 9.75. The van der Waals surface area contributed by atoms with E-state index in [1.807, 2.05) is 12.1 Å². The molecule has 25 heavy (non-hydrogen) atoms. The van der Waals surface area contributed by atoms with Crippen LogP contribution in [0.4, 0.5) is 0 Å². The largest absolute Gasteiger partial charge is 0.497 e. The molecule has 0 saturated carbocycles. The molecular formula is C21H26N2O2. The molecule has 1 aliphatic heterocycles. The summed E-state index contributed by atoms with van der Waals surface area (Å²) in [5.41, 5.74) is 3.19. The first-order chi connectivity index (χ1) is 12.2. The monoisotopic (exact) mass is 338 g/mol. The quantitative estimate of drug-likeness (QED) is 0.881. The molecule has 2 aromatic carbocycles. The summed E-state index contributed by atoms with van der Waals surface area (Å²) in [6.45, 7) is 1.74. The second-order valence-corrected chi connectivity index (χ2v) is 6.74. The molecule has 2 aromatic rings. The van der Waals surface area contributed by atoms with Gasteiger partial charge in [0, 0.05) is 13.6 Å². The fourth-order valence-electron chi connectivity index (χ4n) is 3.65. The maximum atomic E-state index is 12.5. The standard InChI is InChI=1S/C21H26N2O2/c1-22-20(24)21(12-3-13-23-15-21)14-16-4-6-17(7-5-16)18-8-10-19(25-2)11-9-18/h4-11,23H,3,12-15H2,1-2H3,(H,22,24). The lowest BCUT2D eigenvalue weighted by Gasteiger charge is -2.36. The van der Waals surface area contributed by atoms with Gasteiger partial charge in [0.1, 0.15) is 5.75 Å². The molecule has 0 spiro atoms. The molecule has 132 valence electrons. The van der Waals surface area contributed by atoms with Gasteiger partial charge in [0.05, 0.1) is 12.5 Å². The highest BCUT2D eigenvalue weighted by molar-refractivity contribution is 5.83.